The Labute approximate surface area is 207 Å². The van der Waals surface area contributed by atoms with Gasteiger partial charge < -0.3 is 24.4 Å². The van der Waals surface area contributed by atoms with Gasteiger partial charge in [0, 0.05) is 25.0 Å². The third-order valence-corrected chi connectivity index (χ3v) is 5.75. The minimum Gasteiger partial charge on any atom is -0.507 e. The predicted molar refractivity (Wildman–Crippen MR) is 128 cm³/mol. The summed E-state index contributed by atoms with van der Waals surface area (Å²) in [6, 6.07) is 8.34. The maximum Gasteiger partial charge on any atom is 0.308 e. The molecule has 1 aliphatic heterocycles. The first-order chi connectivity index (χ1) is 16.0. The summed E-state index contributed by atoms with van der Waals surface area (Å²) < 4.78 is 10.4. The van der Waals surface area contributed by atoms with Crippen LogP contribution in [0.15, 0.2) is 42.0 Å². The van der Waals surface area contributed by atoms with E-state index in [2.05, 4.69) is 0 Å². The molecule has 3 rings (SSSR count). The molecule has 1 saturated heterocycles. The molecule has 10 heteroatoms. The fourth-order valence-corrected chi connectivity index (χ4v) is 4.31. The molecule has 8 nitrogen and oxygen atoms in total. The fraction of sp³-hybridized carbons (Fsp3) is 0.292. The number of carbonyl (C=O) groups excluding carboxylic acids is 3. The van der Waals surface area contributed by atoms with Gasteiger partial charge >= 0.3 is 5.97 Å². The van der Waals surface area contributed by atoms with Crippen LogP contribution in [-0.2, 0) is 14.4 Å². The Bertz CT molecular complexity index is 1160. The zero-order valence-corrected chi connectivity index (χ0v) is 20.6. The van der Waals surface area contributed by atoms with E-state index in [1.165, 1.54) is 31.1 Å². The van der Waals surface area contributed by atoms with Crippen molar-refractivity contribution in [3.05, 3.63) is 63.1 Å². The lowest BCUT2D eigenvalue weighted by Crippen LogP contribution is -2.35. The number of methoxy groups -OCH3 is 1. The number of benzene rings is 2. The van der Waals surface area contributed by atoms with Crippen molar-refractivity contribution in [3.63, 3.8) is 0 Å². The number of rotatable bonds is 7. The minimum absolute atomic E-state index is 0.0899. The summed E-state index contributed by atoms with van der Waals surface area (Å²) >= 11 is 12.4. The highest BCUT2D eigenvalue weighted by Crippen LogP contribution is 2.43. The number of aliphatic hydroxyl groups is 1. The Hall–Kier alpha value is -3.07. The SMILES string of the molecule is COc1c(Cl)cc(Cl)cc1/C(O)=C1\C(=O)C(=O)N(CCN(C)C)C1c1ccc(OC(C)=O)cc1. The molecule has 180 valence electrons. The molecule has 0 spiro atoms. The van der Waals surface area contributed by atoms with E-state index >= 15 is 0 Å². The Morgan fingerprint density at radius 2 is 1.79 bits per heavy atom. The number of likely N-dealkylation sites (N-methyl/N-ethyl adjacent to an activating group) is 1. The van der Waals surface area contributed by atoms with Gasteiger partial charge in [0.2, 0.25) is 0 Å². The fourth-order valence-electron chi connectivity index (χ4n) is 3.74. The summed E-state index contributed by atoms with van der Waals surface area (Å²) in [7, 11) is 5.06. The van der Waals surface area contributed by atoms with Crippen LogP contribution < -0.4 is 9.47 Å². The van der Waals surface area contributed by atoms with Crippen molar-refractivity contribution in [2.24, 2.45) is 0 Å². The highest BCUT2D eigenvalue weighted by atomic mass is 35.5. The highest BCUT2D eigenvalue weighted by Gasteiger charge is 2.46. The second-order valence-electron chi connectivity index (χ2n) is 7.93. The number of likely N-dealkylation sites (tertiary alicyclic amines) is 1. The lowest BCUT2D eigenvalue weighted by atomic mass is 9.95. The Morgan fingerprint density at radius 3 is 2.35 bits per heavy atom. The molecular formula is C24H24Cl2N2O6. The predicted octanol–water partition coefficient (Wildman–Crippen LogP) is 3.91. The van der Waals surface area contributed by atoms with Crippen LogP contribution in [0.2, 0.25) is 10.0 Å². The lowest BCUT2D eigenvalue weighted by molar-refractivity contribution is -0.140. The van der Waals surface area contributed by atoms with E-state index in [-0.39, 0.29) is 33.5 Å². The van der Waals surface area contributed by atoms with Crippen LogP contribution in [0.1, 0.15) is 24.1 Å². The maximum absolute atomic E-state index is 13.1. The minimum atomic E-state index is -0.895. The average Bonchev–Trinajstić information content (AvgIpc) is 3.01. The van der Waals surface area contributed by atoms with E-state index in [1.807, 2.05) is 19.0 Å². The summed E-state index contributed by atoms with van der Waals surface area (Å²) in [4.78, 5) is 40.7. The van der Waals surface area contributed by atoms with E-state index in [1.54, 1.807) is 24.3 Å². The Balaban J connectivity index is 2.20. The lowest BCUT2D eigenvalue weighted by Gasteiger charge is -2.26. The van der Waals surface area contributed by atoms with Gasteiger partial charge in [-0.25, -0.2) is 0 Å². The summed E-state index contributed by atoms with van der Waals surface area (Å²) in [6.45, 7) is 2.01. The molecule has 1 unspecified atom stereocenters. The molecule has 0 aliphatic carbocycles. The van der Waals surface area contributed by atoms with Crippen molar-refractivity contribution in [2.75, 3.05) is 34.3 Å². The highest BCUT2D eigenvalue weighted by molar-refractivity contribution is 6.46. The molecule has 0 radical (unpaired) electrons. The van der Waals surface area contributed by atoms with Gasteiger partial charge in [-0.05, 0) is 43.9 Å². The zero-order valence-electron chi connectivity index (χ0n) is 19.1. The maximum atomic E-state index is 13.1. The van der Waals surface area contributed by atoms with Crippen LogP contribution in [0.3, 0.4) is 0 Å². The van der Waals surface area contributed by atoms with E-state index < -0.39 is 29.5 Å². The number of hydrogen-bond acceptors (Lipinski definition) is 7. The van der Waals surface area contributed by atoms with Gasteiger partial charge in [-0.15, -0.1) is 0 Å². The number of esters is 1. The molecule has 1 heterocycles. The topological polar surface area (TPSA) is 96.4 Å². The van der Waals surface area contributed by atoms with Crippen molar-refractivity contribution in [1.82, 2.24) is 9.80 Å². The summed E-state index contributed by atoms with van der Waals surface area (Å²) in [5.41, 5.74) is 0.510. The van der Waals surface area contributed by atoms with Gasteiger partial charge in [0.15, 0.2) is 0 Å². The van der Waals surface area contributed by atoms with Crippen molar-refractivity contribution < 1.29 is 29.0 Å². The monoisotopic (exact) mass is 506 g/mol. The molecule has 1 atom stereocenters. The van der Waals surface area contributed by atoms with Gasteiger partial charge in [0.25, 0.3) is 11.7 Å². The molecular weight excluding hydrogens is 483 g/mol. The van der Waals surface area contributed by atoms with Crippen LogP contribution in [0, 0.1) is 0 Å². The third kappa shape index (κ3) is 5.19. The Kier molecular flexibility index (Phi) is 7.86. The van der Waals surface area contributed by atoms with Gasteiger partial charge in [0.05, 0.1) is 29.3 Å². The second kappa shape index (κ2) is 10.5. The molecule has 2 aromatic carbocycles. The smallest absolute Gasteiger partial charge is 0.308 e. The van der Waals surface area contributed by atoms with E-state index in [9.17, 15) is 19.5 Å². The van der Waals surface area contributed by atoms with Crippen molar-refractivity contribution >= 4 is 46.6 Å². The molecule has 1 amide bonds. The van der Waals surface area contributed by atoms with E-state index in [0.29, 0.717) is 17.9 Å². The number of carbonyl (C=O) groups is 3. The zero-order chi connectivity index (χ0) is 25.2. The van der Waals surface area contributed by atoms with Gasteiger partial charge in [-0.2, -0.15) is 0 Å². The molecule has 1 fully saturated rings. The number of hydrogen-bond donors (Lipinski definition) is 1. The van der Waals surface area contributed by atoms with Crippen LogP contribution in [0.4, 0.5) is 0 Å². The number of ketones is 1. The number of Topliss-reactive ketones (excluding diaryl/α,β-unsaturated/α-hetero) is 1. The van der Waals surface area contributed by atoms with Crippen LogP contribution >= 0.6 is 23.2 Å². The number of amides is 1. The summed E-state index contributed by atoms with van der Waals surface area (Å²) in [6.07, 6.45) is 0. The number of aliphatic hydroxyl groups excluding tert-OH is 1. The first-order valence-corrected chi connectivity index (χ1v) is 11.1. The van der Waals surface area contributed by atoms with Gasteiger partial charge in [0.1, 0.15) is 17.3 Å². The van der Waals surface area contributed by atoms with Crippen molar-refractivity contribution in [2.45, 2.75) is 13.0 Å². The standard InChI is InChI=1S/C24H24Cl2N2O6/c1-13(29)34-16-7-5-14(6-8-16)20-19(22(31)24(32)28(20)10-9-27(2)3)21(30)17-11-15(25)12-18(26)23(17)33-4/h5-8,11-12,20,30H,9-10H2,1-4H3/b21-19+. The van der Waals surface area contributed by atoms with Crippen LogP contribution in [0.25, 0.3) is 5.76 Å². The average molecular weight is 507 g/mol. The molecule has 1 N–H and O–H groups in total. The summed E-state index contributed by atoms with van der Waals surface area (Å²) in [5.74, 6) is -2.10. The molecule has 34 heavy (non-hydrogen) atoms. The normalized spacial score (nSPS) is 17.4. The second-order valence-corrected chi connectivity index (χ2v) is 8.77. The van der Waals surface area contributed by atoms with Crippen molar-refractivity contribution in [3.8, 4) is 11.5 Å². The molecule has 2 aromatic rings. The van der Waals surface area contributed by atoms with E-state index in [0.717, 1.165) is 0 Å². The molecule has 1 aliphatic rings. The third-order valence-electron chi connectivity index (χ3n) is 5.25. The van der Waals surface area contributed by atoms with Gasteiger partial charge in [-0.1, -0.05) is 35.3 Å². The molecule has 0 aromatic heterocycles. The van der Waals surface area contributed by atoms with Crippen LogP contribution in [0.5, 0.6) is 11.5 Å². The first-order valence-electron chi connectivity index (χ1n) is 10.3. The number of halogens is 2. The molecule has 0 bridgehead atoms. The molecule has 0 saturated carbocycles. The largest absolute Gasteiger partial charge is 0.507 e. The van der Waals surface area contributed by atoms with Crippen molar-refractivity contribution in [1.29, 1.82) is 0 Å². The Morgan fingerprint density at radius 1 is 1.15 bits per heavy atom. The quantitative estimate of drug-likeness (QED) is 0.200. The number of nitrogens with zero attached hydrogens (tertiary/aromatic N) is 2. The van der Waals surface area contributed by atoms with Gasteiger partial charge in [-0.3, -0.25) is 14.4 Å². The number of ether oxygens (including phenoxy) is 2. The van der Waals surface area contributed by atoms with Crippen LogP contribution in [-0.4, -0.2) is 66.9 Å². The van der Waals surface area contributed by atoms with E-state index in [4.69, 9.17) is 32.7 Å². The summed E-state index contributed by atoms with van der Waals surface area (Å²) in [5, 5.41) is 11.6. The first kappa shape index (κ1) is 25.6.